The SMILES string of the molecule is CC(C#N)CN(SC(Cl)(Cl)C(Cl)Cl)S(=O)(=O)CCCCl. The van der Waals surface area contributed by atoms with Gasteiger partial charge in [0.15, 0.2) is 4.84 Å². The van der Waals surface area contributed by atoms with E-state index in [-0.39, 0.29) is 24.6 Å². The summed E-state index contributed by atoms with van der Waals surface area (Å²) in [6.45, 7) is 1.50. The fourth-order valence-electron chi connectivity index (χ4n) is 0.986. The van der Waals surface area contributed by atoms with Gasteiger partial charge in [-0.1, -0.05) is 23.2 Å². The van der Waals surface area contributed by atoms with E-state index in [2.05, 4.69) is 0 Å². The molecule has 11 heteroatoms. The van der Waals surface area contributed by atoms with E-state index in [9.17, 15) is 8.42 Å². The summed E-state index contributed by atoms with van der Waals surface area (Å²) in [6, 6.07) is 1.94. The number of hydrogen-bond donors (Lipinski definition) is 0. The number of sulfonamides is 1. The summed E-state index contributed by atoms with van der Waals surface area (Å²) in [5.74, 6) is -0.520. The first-order chi connectivity index (χ1) is 9.06. The van der Waals surface area contributed by atoms with Crippen LogP contribution < -0.4 is 0 Å². The van der Waals surface area contributed by atoms with E-state index in [4.69, 9.17) is 63.3 Å². The number of alkyl halides is 5. The smallest absolute Gasteiger partial charge is 0.211 e. The highest BCUT2D eigenvalue weighted by atomic mass is 35.5. The maximum atomic E-state index is 12.2. The van der Waals surface area contributed by atoms with Crippen molar-refractivity contribution in [2.75, 3.05) is 18.2 Å². The molecule has 20 heavy (non-hydrogen) atoms. The van der Waals surface area contributed by atoms with Crippen LogP contribution >= 0.6 is 70.0 Å². The van der Waals surface area contributed by atoms with E-state index in [1.165, 1.54) is 0 Å². The lowest BCUT2D eigenvalue weighted by atomic mass is 10.2. The molecule has 0 heterocycles. The minimum Gasteiger partial charge on any atom is -0.211 e. The number of nitrogens with zero attached hydrogens (tertiary/aromatic N) is 2. The summed E-state index contributed by atoms with van der Waals surface area (Å²) in [6.07, 6.45) is 0.268. The highest BCUT2D eigenvalue weighted by Gasteiger charge is 2.39. The summed E-state index contributed by atoms with van der Waals surface area (Å²) >= 11 is 29.1. The van der Waals surface area contributed by atoms with Crippen molar-refractivity contribution in [1.82, 2.24) is 3.71 Å². The van der Waals surface area contributed by atoms with Crippen LogP contribution in [0.2, 0.25) is 0 Å². The van der Waals surface area contributed by atoms with Crippen LogP contribution in [-0.4, -0.2) is 38.8 Å². The van der Waals surface area contributed by atoms with Gasteiger partial charge in [-0.05, 0) is 25.3 Å². The van der Waals surface area contributed by atoms with Gasteiger partial charge in [-0.15, -0.1) is 38.5 Å². The van der Waals surface area contributed by atoms with Crippen LogP contribution in [0.5, 0.6) is 0 Å². The molecule has 0 N–H and O–H groups in total. The van der Waals surface area contributed by atoms with Crippen LogP contribution in [0.15, 0.2) is 0 Å². The van der Waals surface area contributed by atoms with Crippen LogP contribution in [0.3, 0.4) is 0 Å². The Hall–Kier alpha value is 1.20. The van der Waals surface area contributed by atoms with Crippen LogP contribution in [0, 0.1) is 17.2 Å². The van der Waals surface area contributed by atoms with Crippen molar-refractivity contribution in [2.24, 2.45) is 5.92 Å². The van der Waals surface area contributed by atoms with Gasteiger partial charge in [0.25, 0.3) is 0 Å². The molecule has 118 valence electrons. The Morgan fingerprint density at radius 3 is 2.35 bits per heavy atom. The van der Waals surface area contributed by atoms with Gasteiger partial charge in [0.05, 0.1) is 17.7 Å². The average molecular weight is 423 g/mol. The predicted octanol–water partition coefficient (Wildman–Crippen LogP) is 3.99. The van der Waals surface area contributed by atoms with Crippen molar-refractivity contribution in [3.8, 4) is 6.07 Å². The number of nitriles is 1. The molecular weight excluding hydrogens is 410 g/mol. The molecule has 0 bridgehead atoms. The molecule has 0 spiro atoms. The van der Waals surface area contributed by atoms with E-state index >= 15 is 0 Å². The zero-order chi connectivity index (χ0) is 16.0. The summed E-state index contributed by atoms with van der Waals surface area (Å²) < 4.78 is 23.6. The zero-order valence-corrected chi connectivity index (χ0v) is 15.8. The van der Waals surface area contributed by atoms with Gasteiger partial charge >= 0.3 is 0 Å². The molecule has 0 saturated carbocycles. The second-order valence-electron chi connectivity index (χ2n) is 3.83. The Bertz CT molecular complexity index is 438. The standard InChI is InChI=1S/C9H13Cl5N2O2S2/c1-7(5-15)6-16(19-9(13,14)8(11)12)20(17,18)4-2-3-10/h7-8H,2-4,6H2,1H3. The summed E-state index contributed by atoms with van der Waals surface area (Å²) in [7, 11) is -3.68. The second-order valence-corrected chi connectivity index (χ2v) is 10.6. The Morgan fingerprint density at radius 2 is 1.95 bits per heavy atom. The van der Waals surface area contributed by atoms with Crippen LogP contribution in [0.4, 0.5) is 0 Å². The van der Waals surface area contributed by atoms with Gasteiger partial charge in [0.1, 0.15) is 0 Å². The monoisotopic (exact) mass is 420 g/mol. The second kappa shape index (κ2) is 9.36. The van der Waals surface area contributed by atoms with Gasteiger partial charge in [-0.25, -0.2) is 8.42 Å². The van der Waals surface area contributed by atoms with Crippen LogP contribution in [0.1, 0.15) is 13.3 Å². The topological polar surface area (TPSA) is 61.2 Å². The van der Waals surface area contributed by atoms with Crippen molar-refractivity contribution in [1.29, 1.82) is 5.26 Å². The molecule has 0 saturated heterocycles. The van der Waals surface area contributed by atoms with E-state index < -0.39 is 24.4 Å². The third-order valence-electron chi connectivity index (χ3n) is 1.97. The molecule has 0 rings (SSSR count). The zero-order valence-electron chi connectivity index (χ0n) is 10.4. The van der Waals surface area contributed by atoms with E-state index in [0.29, 0.717) is 11.9 Å². The molecule has 0 aromatic carbocycles. The molecule has 1 atom stereocenters. The van der Waals surface area contributed by atoms with Crippen LogP contribution in [0.25, 0.3) is 0 Å². The minimum absolute atomic E-state index is 0.0759. The minimum atomic E-state index is -3.68. The Labute approximate surface area is 148 Å². The van der Waals surface area contributed by atoms with E-state index in [0.717, 1.165) is 3.71 Å². The lowest BCUT2D eigenvalue weighted by molar-refractivity contribution is 0.515. The van der Waals surface area contributed by atoms with Gasteiger partial charge in [0.2, 0.25) is 13.7 Å². The van der Waals surface area contributed by atoms with Crippen molar-refractivity contribution in [3.05, 3.63) is 0 Å². The predicted molar refractivity (Wildman–Crippen MR) is 88.1 cm³/mol. The van der Waals surface area contributed by atoms with Gasteiger partial charge in [0, 0.05) is 12.4 Å². The summed E-state index contributed by atoms with van der Waals surface area (Å²) in [4.78, 5) is -1.21. The molecule has 0 fully saturated rings. The maximum absolute atomic E-state index is 12.2. The van der Waals surface area contributed by atoms with E-state index in [1.807, 2.05) is 6.07 Å². The number of hydrogen-bond acceptors (Lipinski definition) is 4. The highest BCUT2D eigenvalue weighted by molar-refractivity contribution is 8.11. The maximum Gasteiger partial charge on any atom is 0.223 e. The van der Waals surface area contributed by atoms with Gasteiger partial charge in [-0.2, -0.15) is 5.26 Å². The summed E-state index contributed by atoms with van der Waals surface area (Å²) in [5, 5.41) is 8.81. The van der Waals surface area contributed by atoms with Crippen molar-refractivity contribution < 1.29 is 8.42 Å². The van der Waals surface area contributed by atoms with Crippen LogP contribution in [-0.2, 0) is 10.0 Å². The highest BCUT2D eigenvalue weighted by Crippen LogP contribution is 2.45. The first kappa shape index (κ1) is 21.2. The van der Waals surface area contributed by atoms with Crippen molar-refractivity contribution in [3.63, 3.8) is 0 Å². The van der Waals surface area contributed by atoms with Gasteiger partial charge < -0.3 is 0 Å². The molecule has 0 aliphatic heterocycles. The Morgan fingerprint density at radius 1 is 1.40 bits per heavy atom. The quantitative estimate of drug-likeness (QED) is 0.416. The molecule has 0 radical (unpaired) electrons. The first-order valence-corrected chi connectivity index (χ1v) is 9.92. The summed E-state index contributed by atoms with van der Waals surface area (Å²) in [5.41, 5.74) is 0. The Balaban J connectivity index is 5.14. The van der Waals surface area contributed by atoms with Crippen molar-refractivity contribution in [2.45, 2.75) is 21.8 Å². The third kappa shape index (κ3) is 7.46. The number of rotatable bonds is 9. The lowest BCUT2D eigenvalue weighted by Crippen LogP contribution is -2.35. The molecule has 0 aromatic heterocycles. The molecule has 0 aliphatic carbocycles. The molecule has 0 aliphatic rings. The lowest BCUT2D eigenvalue weighted by Gasteiger charge is -2.28. The Kier molecular flexibility index (Phi) is 9.93. The fraction of sp³-hybridized carbons (Fsp3) is 0.889. The fourth-order valence-corrected chi connectivity index (χ4v) is 5.11. The largest absolute Gasteiger partial charge is 0.223 e. The molecule has 0 amide bonds. The molecule has 0 aromatic rings. The molecular formula is C9H13Cl5N2O2S2. The number of halogens is 5. The van der Waals surface area contributed by atoms with Gasteiger partial charge in [-0.3, -0.25) is 0 Å². The average Bonchev–Trinajstić information content (AvgIpc) is 2.34. The molecule has 1 unspecified atom stereocenters. The third-order valence-corrected chi connectivity index (χ3v) is 7.76. The van der Waals surface area contributed by atoms with E-state index in [1.54, 1.807) is 6.92 Å². The first-order valence-electron chi connectivity index (χ1n) is 5.38. The van der Waals surface area contributed by atoms with Crippen molar-refractivity contribution >= 4 is 80.0 Å². The normalized spacial score (nSPS) is 14.6. The molecule has 4 nitrogen and oxygen atoms in total.